The molecule has 1 unspecified atom stereocenters. The summed E-state index contributed by atoms with van der Waals surface area (Å²) in [5, 5.41) is 8.36. The first-order chi connectivity index (χ1) is 20.3. The Labute approximate surface area is 255 Å². The molecule has 0 fully saturated rings. The number of nitrogens with zero attached hydrogens (tertiary/aromatic N) is 3. The lowest BCUT2D eigenvalue weighted by atomic mass is 9.99. The average molecular weight is 605 g/mol. The summed E-state index contributed by atoms with van der Waals surface area (Å²) < 4.78 is 12.9. The molecule has 5 rings (SSSR count). The Morgan fingerprint density at radius 2 is 1.76 bits per heavy atom. The molecule has 0 aliphatic carbocycles. The third kappa shape index (κ3) is 6.12. The molecule has 0 radical (unpaired) electrons. The number of halogens is 1. The Morgan fingerprint density at radius 3 is 2.43 bits per heavy atom. The Balaban J connectivity index is 1.78. The van der Waals surface area contributed by atoms with Crippen LogP contribution in [-0.2, 0) is 9.59 Å². The smallest absolute Gasteiger partial charge is 0.240 e. The number of thioether (sulfide) groups is 1. The zero-order valence-corrected chi connectivity index (χ0v) is 25.5. The Bertz CT molecular complexity index is 1570. The molecule has 10 heteroatoms. The van der Waals surface area contributed by atoms with Gasteiger partial charge in [-0.3, -0.25) is 14.5 Å². The number of hydrogen-bond acceptors (Lipinski definition) is 6. The summed E-state index contributed by atoms with van der Waals surface area (Å²) in [7, 11) is 3.25. The van der Waals surface area contributed by atoms with Gasteiger partial charge in [-0.15, -0.1) is 11.8 Å². The van der Waals surface area contributed by atoms with Crippen molar-refractivity contribution >= 4 is 41.0 Å². The van der Waals surface area contributed by atoms with Crippen LogP contribution in [0.5, 0.6) is 11.5 Å². The number of para-hydroxylation sites is 1. The number of amides is 2. The topological polar surface area (TPSA) is 85.7 Å². The van der Waals surface area contributed by atoms with E-state index in [0.717, 1.165) is 22.4 Å². The summed E-state index contributed by atoms with van der Waals surface area (Å²) in [5.41, 5.74) is 3.96. The number of benzene rings is 3. The van der Waals surface area contributed by atoms with Gasteiger partial charge >= 0.3 is 0 Å². The molecule has 1 aromatic heterocycles. The lowest BCUT2D eigenvalue weighted by Gasteiger charge is -2.24. The van der Waals surface area contributed by atoms with Crippen LogP contribution < -0.4 is 19.7 Å². The molecule has 0 saturated carbocycles. The minimum absolute atomic E-state index is 0.139. The van der Waals surface area contributed by atoms with E-state index in [2.05, 4.69) is 5.32 Å². The molecule has 2 amide bonds. The fourth-order valence-corrected chi connectivity index (χ4v) is 6.24. The monoisotopic (exact) mass is 604 g/mol. The van der Waals surface area contributed by atoms with Crippen molar-refractivity contribution in [2.75, 3.05) is 38.0 Å². The number of carbonyl (C=O) groups excluding carboxylic acids is 2. The van der Waals surface area contributed by atoms with Crippen LogP contribution in [0.3, 0.4) is 0 Å². The summed E-state index contributed by atoms with van der Waals surface area (Å²) in [6, 6.07) is 22.7. The lowest BCUT2D eigenvalue weighted by molar-refractivity contribution is -0.123. The summed E-state index contributed by atoms with van der Waals surface area (Å²) in [6.45, 7) is 4.43. The zero-order chi connectivity index (χ0) is 29.8. The van der Waals surface area contributed by atoms with Crippen LogP contribution in [0.25, 0.3) is 16.9 Å². The number of anilines is 1. The van der Waals surface area contributed by atoms with Gasteiger partial charge < -0.3 is 14.8 Å². The second kappa shape index (κ2) is 12.9. The number of methoxy groups -OCH3 is 2. The molecule has 1 N–H and O–H groups in total. The van der Waals surface area contributed by atoms with Gasteiger partial charge in [0.1, 0.15) is 23.9 Å². The van der Waals surface area contributed by atoms with Gasteiger partial charge in [0.05, 0.1) is 36.6 Å². The second-order valence-electron chi connectivity index (χ2n) is 10.3. The number of fused-ring (bicyclic) bond motifs is 1. The SMILES string of the molecule is COc1ccc(-n2nc(-c3ccc(Cl)cc3)c3c2N(CC(=O)NCC(C)C)C(=O)CSC3c2ccccc2OC)cc1. The van der Waals surface area contributed by atoms with Crippen molar-refractivity contribution in [3.8, 4) is 28.4 Å². The molecule has 1 atom stereocenters. The molecule has 1 aliphatic rings. The third-order valence-electron chi connectivity index (χ3n) is 6.95. The molecule has 0 spiro atoms. The van der Waals surface area contributed by atoms with Gasteiger partial charge in [-0.05, 0) is 48.4 Å². The molecule has 3 aromatic carbocycles. The van der Waals surface area contributed by atoms with E-state index in [-0.39, 0.29) is 35.3 Å². The van der Waals surface area contributed by atoms with Crippen molar-refractivity contribution in [2.45, 2.75) is 19.1 Å². The summed E-state index contributed by atoms with van der Waals surface area (Å²) in [4.78, 5) is 28.6. The van der Waals surface area contributed by atoms with Crippen LogP contribution in [-0.4, -0.2) is 54.7 Å². The predicted molar refractivity (Wildman–Crippen MR) is 168 cm³/mol. The van der Waals surface area contributed by atoms with Crippen LogP contribution in [0.4, 0.5) is 5.82 Å². The molecule has 8 nitrogen and oxygen atoms in total. The van der Waals surface area contributed by atoms with Gasteiger partial charge in [-0.1, -0.05) is 55.8 Å². The maximum Gasteiger partial charge on any atom is 0.240 e. The van der Waals surface area contributed by atoms with E-state index < -0.39 is 0 Å². The number of ether oxygens (including phenoxy) is 2. The molecule has 2 heterocycles. The molecular weight excluding hydrogens is 572 g/mol. The van der Waals surface area contributed by atoms with Gasteiger partial charge in [0.2, 0.25) is 11.8 Å². The van der Waals surface area contributed by atoms with Crippen LogP contribution in [0, 0.1) is 5.92 Å². The lowest BCUT2D eigenvalue weighted by Crippen LogP contribution is -2.43. The maximum atomic E-state index is 13.9. The molecule has 1 aliphatic heterocycles. The molecule has 42 heavy (non-hydrogen) atoms. The standard InChI is InChI=1S/C32H33ClN4O4S/c1-20(2)17-34-27(38)18-36-28(39)19-42-31(25-7-5-6-8-26(25)41-4)29-30(21-9-11-22(33)12-10-21)35-37(32(29)36)23-13-15-24(40-3)16-14-23/h5-16,20,31H,17-19H2,1-4H3,(H,34,38). The van der Waals surface area contributed by atoms with E-state index in [1.165, 1.54) is 11.8 Å². The van der Waals surface area contributed by atoms with Gasteiger partial charge in [0, 0.05) is 28.3 Å². The highest BCUT2D eigenvalue weighted by Gasteiger charge is 2.38. The number of aromatic nitrogens is 2. The first-order valence-corrected chi connectivity index (χ1v) is 15.1. The van der Waals surface area contributed by atoms with E-state index in [0.29, 0.717) is 34.6 Å². The van der Waals surface area contributed by atoms with Gasteiger partial charge in [-0.2, -0.15) is 5.10 Å². The number of rotatable bonds is 9. The van der Waals surface area contributed by atoms with E-state index in [4.69, 9.17) is 26.2 Å². The number of carbonyl (C=O) groups is 2. The van der Waals surface area contributed by atoms with E-state index in [9.17, 15) is 9.59 Å². The minimum Gasteiger partial charge on any atom is -0.497 e. The number of hydrogen-bond donors (Lipinski definition) is 1. The summed E-state index contributed by atoms with van der Waals surface area (Å²) >= 11 is 7.75. The normalized spacial score (nSPS) is 14.9. The highest BCUT2D eigenvalue weighted by atomic mass is 35.5. The fourth-order valence-electron chi connectivity index (χ4n) is 4.89. The van der Waals surface area contributed by atoms with Crippen molar-refractivity contribution in [1.29, 1.82) is 0 Å². The fraction of sp³-hybridized carbons (Fsp3) is 0.281. The summed E-state index contributed by atoms with van der Waals surface area (Å²) in [5.74, 6) is 1.95. The molecule has 0 saturated heterocycles. The Hall–Kier alpha value is -3.95. The third-order valence-corrected chi connectivity index (χ3v) is 8.44. The second-order valence-corrected chi connectivity index (χ2v) is 11.8. The largest absolute Gasteiger partial charge is 0.497 e. The van der Waals surface area contributed by atoms with Gasteiger partial charge in [-0.25, -0.2) is 4.68 Å². The molecule has 218 valence electrons. The van der Waals surface area contributed by atoms with Gasteiger partial charge in [0.15, 0.2) is 0 Å². The minimum atomic E-state index is -0.318. The quantitative estimate of drug-likeness (QED) is 0.247. The summed E-state index contributed by atoms with van der Waals surface area (Å²) in [6.07, 6.45) is 0. The van der Waals surface area contributed by atoms with E-state index in [1.54, 1.807) is 23.8 Å². The van der Waals surface area contributed by atoms with Crippen molar-refractivity contribution in [2.24, 2.45) is 5.92 Å². The van der Waals surface area contributed by atoms with E-state index in [1.807, 2.05) is 86.6 Å². The predicted octanol–water partition coefficient (Wildman–Crippen LogP) is 6.15. The average Bonchev–Trinajstić information content (AvgIpc) is 3.33. The Kier molecular flexibility index (Phi) is 9.09. The molecule has 4 aromatic rings. The first kappa shape index (κ1) is 29.5. The van der Waals surface area contributed by atoms with Crippen molar-refractivity contribution in [3.63, 3.8) is 0 Å². The van der Waals surface area contributed by atoms with Crippen molar-refractivity contribution in [3.05, 3.63) is 88.9 Å². The van der Waals surface area contributed by atoms with Crippen LogP contribution in [0.1, 0.15) is 30.2 Å². The van der Waals surface area contributed by atoms with Crippen molar-refractivity contribution < 1.29 is 19.1 Å². The number of nitrogens with one attached hydrogen (secondary N) is 1. The van der Waals surface area contributed by atoms with Crippen molar-refractivity contribution in [1.82, 2.24) is 15.1 Å². The molecule has 0 bridgehead atoms. The van der Waals surface area contributed by atoms with Crippen LogP contribution >= 0.6 is 23.4 Å². The first-order valence-electron chi connectivity index (χ1n) is 13.7. The Morgan fingerprint density at radius 1 is 1.05 bits per heavy atom. The van der Waals surface area contributed by atoms with Crippen LogP contribution in [0.15, 0.2) is 72.8 Å². The maximum absolute atomic E-state index is 13.9. The van der Waals surface area contributed by atoms with Crippen LogP contribution in [0.2, 0.25) is 5.02 Å². The zero-order valence-electron chi connectivity index (χ0n) is 24.0. The van der Waals surface area contributed by atoms with E-state index >= 15 is 0 Å². The van der Waals surface area contributed by atoms with Gasteiger partial charge in [0.25, 0.3) is 0 Å². The molecular formula is C32H33ClN4O4S. The highest BCUT2D eigenvalue weighted by molar-refractivity contribution is 8.00. The highest BCUT2D eigenvalue weighted by Crippen LogP contribution is 2.50.